The first-order chi connectivity index (χ1) is 6.81. The van der Waals surface area contributed by atoms with Gasteiger partial charge in [0, 0.05) is 0 Å². The molecular formula is C9H20O5. The van der Waals surface area contributed by atoms with Crippen LogP contribution in [0.3, 0.4) is 0 Å². The molecule has 1 unspecified atom stereocenters. The highest BCUT2D eigenvalue weighted by molar-refractivity contribution is 4.36. The van der Waals surface area contributed by atoms with Crippen LogP contribution in [0.25, 0.3) is 0 Å². The highest BCUT2D eigenvalue weighted by atomic mass is 16.6. The molecule has 86 valence electrons. The van der Waals surface area contributed by atoms with Crippen LogP contribution in [0.4, 0.5) is 0 Å². The summed E-state index contributed by atoms with van der Waals surface area (Å²) in [5.74, 6) is 0. The second-order valence-electron chi connectivity index (χ2n) is 2.68. The summed E-state index contributed by atoms with van der Waals surface area (Å²) in [6.07, 6.45) is -0.108. The zero-order valence-electron chi connectivity index (χ0n) is 8.65. The van der Waals surface area contributed by atoms with Crippen molar-refractivity contribution >= 4 is 0 Å². The molecule has 0 saturated carbocycles. The molecule has 5 heteroatoms. The molecule has 0 radical (unpaired) electrons. The molecule has 0 aromatic carbocycles. The van der Waals surface area contributed by atoms with Gasteiger partial charge in [0.2, 0.25) is 0 Å². The first kappa shape index (κ1) is 13.8. The Hall–Kier alpha value is -0.200. The van der Waals surface area contributed by atoms with Crippen molar-refractivity contribution < 1.29 is 24.4 Å². The molecule has 0 aliphatic carbocycles. The fourth-order valence-electron chi connectivity index (χ4n) is 0.747. The van der Waals surface area contributed by atoms with E-state index in [-0.39, 0.29) is 6.61 Å². The van der Waals surface area contributed by atoms with Crippen LogP contribution in [0.1, 0.15) is 13.3 Å². The highest BCUT2D eigenvalue weighted by Crippen LogP contribution is 1.91. The zero-order chi connectivity index (χ0) is 10.6. The van der Waals surface area contributed by atoms with Crippen LogP contribution in [0.15, 0.2) is 0 Å². The number of aliphatic hydroxyl groups excluding tert-OH is 2. The summed E-state index contributed by atoms with van der Waals surface area (Å²) in [4.78, 5) is 0. The maximum absolute atomic E-state index is 9.00. The lowest BCUT2D eigenvalue weighted by atomic mass is 10.5. The van der Waals surface area contributed by atoms with Gasteiger partial charge < -0.3 is 24.4 Å². The van der Waals surface area contributed by atoms with Crippen molar-refractivity contribution in [2.75, 3.05) is 39.6 Å². The van der Waals surface area contributed by atoms with Crippen molar-refractivity contribution in [1.29, 1.82) is 0 Å². The molecule has 0 aromatic rings. The number of ether oxygens (including phenoxy) is 3. The first-order valence-electron chi connectivity index (χ1n) is 4.87. The Balaban J connectivity index is 2.92. The Morgan fingerprint density at radius 1 is 1.00 bits per heavy atom. The molecule has 0 rings (SSSR count). The molecule has 1 atom stereocenters. The molecular weight excluding hydrogens is 188 g/mol. The number of hydrogen-bond acceptors (Lipinski definition) is 5. The summed E-state index contributed by atoms with van der Waals surface area (Å²) in [6.45, 7) is 3.99. The topological polar surface area (TPSA) is 68.2 Å². The van der Waals surface area contributed by atoms with Crippen LogP contribution in [0.5, 0.6) is 0 Å². The normalized spacial score (nSPS) is 13.1. The van der Waals surface area contributed by atoms with Crippen molar-refractivity contribution in [2.45, 2.75) is 19.6 Å². The summed E-state index contributed by atoms with van der Waals surface area (Å²) in [5.41, 5.74) is 0. The van der Waals surface area contributed by atoms with Crippen LogP contribution < -0.4 is 0 Å². The monoisotopic (exact) mass is 208 g/mol. The predicted molar refractivity (Wildman–Crippen MR) is 51.0 cm³/mol. The van der Waals surface area contributed by atoms with Crippen LogP contribution >= 0.6 is 0 Å². The number of hydrogen-bond donors (Lipinski definition) is 2. The molecule has 0 aliphatic heterocycles. The predicted octanol–water partition coefficient (Wildman–Crippen LogP) is -0.243. The van der Waals surface area contributed by atoms with Gasteiger partial charge in [-0.05, 0) is 6.42 Å². The Morgan fingerprint density at radius 2 is 1.57 bits per heavy atom. The molecule has 2 N–H and O–H groups in total. The van der Waals surface area contributed by atoms with E-state index in [2.05, 4.69) is 0 Å². The van der Waals surface area contributed by atoms with Gasteiger partial charge in [0.25, 0.3) is 0 Å². The van der Waals surface area contributed by atoms with E-state index in [1.165, 1.54) is 0 Å². The maximum Gasteiger partial charge on any atom is 0.154 e. The SMILES string of the molecule is CCC(O)OCCOCCOCCO. The van der Waals surface area contributed by atoms with Gasteiger partial charge in [0.15, 0.2) is 6.29 Å². The molecule has 5 nitrogen and oxygen atoms in total. The molecule has 0 bridgehead atoms. The Bertz CT molecular complexity index is 109. The summed E-state index contributed by atoms with van der Waals surface area (Å²) in [6, 6.07) is 0. The molecule has 0 aromatic heterocycles. The quantitative estimate of drug-likeness (QED) is 0.383. The third-order valence-corrected chi connectivity index (χ3v) is 1.49. The van der Waals surface area contributed by atoms with Gasteiger partial charge in [-0.15, -0.1) is 0 Å². The van der Waals surface area contributed by atoms with E-state index in [0.717, 1.165) is 0 Å². The fourth-order valence-corrected chi connectivity index (χ4v) is 0.747. The second kappa shape index (κ2) is 10.9. The average molecular weight is 208 g/mol. The minimum absolute atomic E-state index is 0.0335. The van der Waals surface area contributed by atoms with Gasteiger partial charge in [-0.3, -0.25) is 0 Å². The van der Waals surface area contributed by atoms with E-state index in [9.17, 15) is 0 Å². The molecule has 0 amide bonds. The minimum Gasteiger partial charge on any atom is -0.394 e. The summed E-state index contributed by atoms with van der Waals surface area (Å²) in [5, 5.41) is 17.4. The van der Waals surface area contributed by atoms with Crippen molar-refractivity contribution in [3.8, 4) is 0 Å². The van der Waals surface area contributed by atoms with E-state index in [1.54, 1.807) is 0 Å². The molecule has 0 spiro atoms. The summed E-state index contributed by atoms with van der Waals surface area (Å²) in [7, 11) is 0. The summed E-state index contributed by atoms with van der Waals surface area (Å²) >= 11 is 0. The van der Waals surface area contributed by atoms with Gasteiger partial charge in [-0.2, -0.15) is 0 Å². The first-order valence-corrected chi connectivity index (χ1v) is 4.87. The van der Waals surface area contributed by atoms with Gasteiger partial charge in [0.05, 0.1) is 39.6 Å². The fraction of sp³-hybridized carbons (Fsp3) is 1.00. The third-order valence-electron chi connectivity index (χ3n) is 1.49. The number of rotatable bonds is 10. The molecule has 0 saturated heterocycles. The minimum atomic E-state index is -0.691. The van der Waals surface area contributed by atoms with Crippen LogP contribution in [0, 0.1) is 0 Å². The van der Waals surface area contributed by atoms with Gasteiger partial charge in [-0.25, -0.2) is 0 Å². The van der Waals surface area contributed by atoms with Crippen molar-refractivity contribution in [2.24, 2.45) is 0 Å². The summed E-state index contributed by atoms with van der Waals surface area (Å²) < 4.78 is 15.1. The maximum atomic E-state index is 9.00. The molecule has 14 heavy (non-hydrogen) atoms. The van der Waals surface area contributed by atoms with Crippen molar-refractivity contribution in [3.63, 3.8) is 0 Å². The molecule has 0 fully saturated rings. The van der Waals surface area contributed by atoms with E-state index >= 15 is 0 Å². The largest absolute Gasteiger partial charge is 0.394 e. The second-order valence-corrected chi connectivity index (χ2v) is 2.68. The van der Waals surface area contributed by atoms with Crippen LogP contribution in [-0.4, -0.2) is 56.1 Å². The van der Waals surface area contributed by atoms with E-state index in [0.29, 0.717) is 39.5 Å². The van der Waals surface area contributed by atoms with Gasteiger partial charge in [0.1, 0.15) is 0 Å². The van der Waals surface area contributed by atoms with Crippen LogP contribution in [0.2, 0.25) is 0 Å². The smallest absolute Gasteiger partial charge is 0.154 e. The third kappa shape index (κ3) is 9.88. The van der Waals surface area contributed by atoms with Crippen LogP contribution in [-0.2, 0) is 14.2 Å². The highest BCUT2D eigenvalue weighted by Gasteiger charge is 1.98. The van der Waals surface area contributed by atoms with Gasteiger partial charge >= 0.3 is 0 Å². The Labute approximate surface area is 84.6 Å². The lowest BCUT2D eigenvalue weighted by molar-refractivity contribution is -0.114. The Morgan fingerprint density at radius 3 is 2.14 bits per heavy atom. The van der Waals surface area contributed by atoms with Crippen molar-refractivity contribution in [3.05, 3.63) is 0 Å². The molecule has 0 heterocycles. The van der Waals surface area contributed by atoms with E-state index in [1.807, 2.05) is 6.92 Å². The molecule has 0 aliphatic rings. The lowest BCUT2D eigenvalue weighted by Gasteiger charge is -2.09. The van der Waals surface area contributed by atoms with Crippen molar-refractivity contribution in [1.82, 2.24) is 0 Å². The lowest BCUT2D eigenvalue weighted by Crippen LogP contribution is -2.16. The van der Waals surface area contributed by atoms with Gasteiger partial charge in [-0.1, -0.05) is 6.92 Å². The zero-order valence-corrected chi connectivity index (χ0v) is 8.65. The van der Waals surface area contributed by atoms with E-state index < -0.39 is 6.29 Å². The number of aliphatic hydroxyl groups is 2. The van der Waals surface area contributed by atoms with E-state index in [4.69, 9.17) is 24.4 Å². The average Bonchev–Trinajstić information content (AvgIpc) is 2.21. The Kier molecular flexibility index (Phi) is 10.7. The standard InChI is InChI=1S/C9H20O5/c1-2-9(11)14-8-7-13-6-5-12-4-3-10/h9-11H,2-8H2,1H3.